The van der Waals surface area contributed by atoms with Gasteiger partial charge in [0.1, 0.15) is 0 Å². The molecule has 2 heterocycles. The molecule has 3 aromatic rings. The lowest BCUT2D eigenvalue weighted by atomic mass is 10.2. The van der Waals surface area contributed by atoms with Crippen molar-refractivity contribution in [1.82, 2.24) is 19.1 Å². The van der Waals surface area contributed by atoms with E-state index in [4.69, 9.17) is 11.6 Å². The predicted octanol–water partition coefficient (Wildman–Crippen LogP) is 2.42. The van der Waals surface area contributed by atoms with Crippen molar-refractivity contribution >= 4 is 33.2 Å². The molecule has 1 N–H and O–H groups in total. The predicted molar refractivity (Wildman–Crippen MR) is 102 cm³/mol. The summed E-state index contributed by atoms with van der Waals surface area (Å²) >= 11 is 6.08. The number of amides is 1. The molecule has 0 radical (unpaired) electrons. The van der Waals surface area contributed by atoms with Gasteiger partial charge in [0.25, 0.3) is 5.91 Å². The summed E-state index contributed by atoms with van der Waals surface area (Å²) in [5, 5.41) is 6.87. The fourth-order valence-electron chi connectivity index (χ4n) is 2.25. The van der Waals surface area contributed by atoms with Crippen molar-refractivity contribution in [3.8, 4) is 5.82 Å². The van der Waals surface area contributed by atoms with E-state index in [-0.39, 0.29) is 15.5 Å². The highest BCUT2D eigenvalue weighted by atomic mass is 35.5. The molecule has 0 atom stereocenters. The molecule has 8 nitrogen and oxygen atoms in total. The first-order valence-corrected chi connectivity index (χ1v) is 9.60. The summed E-state index contributed by atoms with van der Waals surface area (Å²) in [7, 11) is -0.854. The van der Waals surface area contributed by atoms with Crippen molar-refractivity contribution in [2.24, 2.45) is 0 Å². The molecule has 0 aliphatic heterocycles. The molecule has 0 unspecified atom stereocenters. The van der Waals surface area contributed by atoms with E-state index in [2.05, 4.69) is 15.4 Å². The smallest absolute Gasteiger partial charge is 0.257 e. The van der Waals surface area contributed by atoms with Gasteiger partial charge in [0, 0.05) is 26.5 Å². The highest BCUT2D eigenvalue weighted by molar-refractivity contribution is 7.89. The Labute approximate surface area is 161 Å². The molecular weight excluding hydrogens is 390 g/mol. The highest BCUT2D eigenvalue weighted by Gasteiger charge is 2.21. The zero-order valence-electron chi connectivity index (χ0n) is 14.5. The summed E-state index contributed by atoms with van der Waals surface area (Å²) in [5.41, 5.74) is 0.489. The molecule has 0 saturated heterocycles. The number of nitrogens with zero attached hydrogens (tertiary/aromatic N) is 4. The SMILES string of the molecule is CN(C)S(=O)(=O)c1ccc(Cl)c(C(=O)Nc2ccc(-n3cccn3)nc2)c1. The van der Waals surface area contributed by atoms with Crippen LogP contribution in [0.25, 0.3) is 5.82 Å². The lowest BCUT2D eigenvalue weighted by molar-refractivity contribution is 0.102. The molecule has 0 bridgehead atoms. The normalized spacial score (nSPS) is 11.6. The standard InChI is InChI=1S/C17H16ClN5O3S/c1-22(2)27(25,26)13-5-6-15(18)14(10-13)17(24)21-12-4-7-16(19-11-12)23-9-3-8-20-23/h3-11H,1-2H3,(H,21,24). The molecule has 0 aliphatic rings. The van der Waals surface area contributed by atoms with Crippen molar-refractivity contribution in [1.29, 1.82) is 0 Å². The second-order valence-corrected chi connectivity index (χ2v) is 8.30. The monoisotopic (exact) mass is 405 g/mol. The van der Waals surface area contributed by atoms with E-state index in [0.717, 1.165) is 4.31 Å². The van der Waals surface area contributed by atoms with Gasteiger partial charge in [-0.3, -0.25) is 4.79 Å². The maximum Gasteiger partial charge on any atom is 0.257 e. The first-order valence-electron chi connectivity index (χ1n) is 7.78. The number of nitrogens with one attached hydrogen (secondary N) is 1. The molecule has 27 heavy (non-hydrogen) atoms. The first-order chi connectivity index (χ1) is 12.8. The van der Waals surface area contributed by atoms with Gasteiger partial charge in [-0.2, -0.15) is 5.10 Å². The molecule has 0 spiro atoms. The van der Waals surface area contributed by atoms with Crippen LogP contribution in [-0.4, -0.2) is 47.5 Å². The Balaban J connectivity index is 1.84. The van der Waals surface area contributed by atoms with Crippen LogP contribution in [0.15, 0.2) is 59.9 Å². The average molecular weight is 406 g/mol. The third-order valence-corrected chi connectivity index (χ3v) is 5.85. The number of benzene rings is 1. The third-order valence-electron chi connectivity index (χ3n) is 3.71. The number of hydrogen-bond acceptors (Lipinski definition) is 5. The lowest BCUT2D eigenvalue weighted by Gasteiger charge is -2.13. The Bertz CT molecular complexity index is 1060. The van der Waals surface area contributed by atoms with Crippen LogP contribution in [0.3, 0.4) is 0 Å². The summed E-state index contributed by atoms with van der Waals surface area (Å²) in [6.45, 7) is 0. The van der Waals surface area contributed by atoms with Crippen molar-refractivity contribution in [2.75, 3.05) is 19.4 Å². The van der Waals surface area contributed by atoms with Crippen LogP contribution >= 0.6 is 11.6 Å². The summed E-state index contributed by atoms with van der Waals surface area (Å²) in [6, 6.07) is 9.11. The number of carbonyl (C=O) groups is 1. The first kappa shape index (κ1) is 19.0. The van der Waals surface area contributed by atoms with E-state index >= 15 is 0 Å². The second kappa shape index (κ2) is 7.47. The Morgan fingerprint density at radius 3 is 2.59 bits per heavy atom. The minimum atomic E-state index is -3.68. The number of pyridine rings is 1. The van der Waals surface area contributed by atoms with E-state index in [1.54, 1.807) is 35.3 Å². The van der Waals surface area contributed by atoms with E-state index < -0.39 is 15.9 Å². The van der Waals surface area contributed by atoms with Crippen LogP contribution in [0.2, 0.25) is 5.02 Å². The lowest BCUT2D eigenvalue weighted by Crippen LogP contribution is -2.23. The van der Waals surface area contributed by atoms with Crippen molar-refractivity contribution in [3.63, 3.8) is 0 Å². The molecule has 0 fully saturated rings. The number of rotatable bonds is 5. The van der Waals surface area contributed by atoms with Crippen LogP contribution < -0.4 is 5.32 Å². The number of anilines is 1. The molecule has 2 aromatic heterocycles. The van der Waals surface area contributed by atoms with Gasteiger partial charge < -0.3 is 5.32 Å². The van der Waals surface area contributed by atoms with Crippen LogP contribution in [0.5, 0.6) is 0 Å². The summed E-state index contributed by atoms with van der Waals surface area (Å²) < 4.78 is 27.2. The Hall–Kier alpha value is -2.75. The minimum absolute atomic E-state index is 0.0193. The largest absolute Gasteiger partial charge is 0.321 e. The van der Waals surface area contributed by atoms with Gasteiger partial charge in [-0.05, 0) is 36.4 Å². The molecule has 10 heteroatoms. The average Bonchev–Trinajstić information content (AvgIpc) is 3.17. The van der Waals surface area contributed by atoms with E-state index in [0.29, 0.717) is 11.5 Å². The Morgan fingerprint density at radius 1 is 1.22 bits per heavy atom. The van der Waals surface area contributed by atoms with Crippen LogP contribution in [-0.2, 0) is 10.0 Å². The van der Waals surface area contributed by atoms with Crippen LogP contribution in [0.4, 0.5) is 5.69 Å². The van der Waals surface area contributed by atoms with E-state index in [9.17, 15) is 13.2 Å². The number of hydrogen-bond donors (Lipinski definition) is 1. The number of carbonyl (C=O) groups excluding carboxylic acids is 1. The van der Waals surface area contributed by atoms with Gasteiger partial charge in [0.15, 0.2) is 5.82 Å². The second-order valence-electron chi connectivity index (χ2n) is 5.74. The number of halogens is 1. The Kier molecular flexibility index (Phi) is 5.26. The van der Waals surface area contributed by atoms with Crippen molar-refractivity contribution in [3.05, 3.63) is 65.6 Å². The van der Waals surface area contributed by atoms with Gasteiger partial charge in [-0.1, -0.05) is 11.6 Å². The third kappa shape index (κ3) is 4.00. The summed E-state index contributed by atoms with van der Waals surface area (Å²) in [4.78, 5) is 16.7. The number of sulfonamides is 1. The summed E-state index contributed by atoms with van der Waals surface area (Å²) in [5.74, 6) is 0.0551. The maximum atomic E-state index is 12.5. The fourth-order valence-corrected chi connectivity index (χ4v) is 3.38. The van der Waals surface area contributed by atoms with Crippen LogP contribution in [0, 0.1) is 0 Å². The van der Waals surface area contributed by atoms with Gasteiger partial charge >= 0.3 is 0 Å². The Morgan fingerprint density at radius 2 is 2.00 bits per heavy atom. The van der Waals surface area contributed by atoms with Crippen molar-refractivity contribution < 1.29 is 13.2 Å². The fraction of sp³-hybridized carbons (Fsp3) is 0.118. The quantitative estimate of drug-likeness (QED) is 0.703. The zero-order valence-corrected chi connectivity index (χ0v) is 16.1. The van der Waals surface area contributed by atoms with E-state index in [1.165, 1.54) is 38.5 Å². The molecule has 0 aliphatic carbocycles. The molecule has 1 aromatic carbocycles. The topological polar surface area (TPSA) is 97.2 Å². The van der Waals surface area contributed by atoms with Gasteiger partial charge in [0.2, 0.25) is 10.0 Å². The van der Waals surface area contributed by atoms with Crippen LogP contribution in [0.1, 0.15) is 10.4 Å². The number of aromatic nitrogens is 3. The van der Waals surface area contributed by atoms with Gasteiger partial charge in [0.05, 0.1) is 27.4 Å². The molecule has 0 saturated carbocycles. The molecular formula is C17H16ClN5O3S. The molecule has 140 valence electrons. The van der Waals surface area contributed by atoms with E-state index in [1.807, 2.05) is 0 Å². The van der Waals surface area contributed by atoms with Gasteiger partial charge in [-0.15, -0.1) is 0 Å². The van der Waals surface area contributed by atoms with Gasteiger partial charge in [-0.25, -0.2) is 22.4 Å². The molecule has 1 amide bonds. The minimum Gasteiger partial charge on any atom is -0.321 e. The summed E-state index contributed by atoms with van der Waals surface area (Å²) in [6.07, 6.45) is 4.86. The zero-order chi connectivity index (χ0) is 19.6. The molecule has 3 rings (SSSR count). The highest BCUT2D eigenvalue weighted by Crippen LogP contribution is 2.23. The van der Waals surface area contributed by atoms with Crippen molar-refractivity contribution in [2.45, 2.75) is 4.90 Å². The maximum absolute atomic E-state index is 12.5.